The Morgan fingerprint density at radius 3 is 2.77 bits per heavy atom. The highest BCUT2D eigenvalue weighted by Crippen LogP contribution is 2.32. The Kier molecular flexibility index (Phi) is 5.76. The van der Waals surface area contributed by atoms with Crippen LogP contribution in [0.15, 0.2) is 47.6 Å². The first-order chi connectivity index (χ1) is 10.6. The third-order valence-electron chi connectivity index (χ3n) is 2.77. The van der Waals surface area contributed by atoms with Gasteiger partial charge in [-0.05, 0) is 59.3 Å². The number of amides is 1. The van der Waals surface area contributed by atoms with Gasteiger partial charge in [-0.3, -0.25) is 4.79 Å². The summed E-state index contributed by atoms with van der Waals surface area (Å²) in [6.45, 7) is 2.29. The number of phenolic OH excluding ortho intramolecular Hbond substituents is 1. The summed E-state index contributed by atoms with van der Waals surface area (Å²) >= 11 is 2.01. The number of hydrazone groups is 1. The van der Waals surface area contributed by atoms with E-state index in [9.17, 15) is 9.90 Å². The van der Waals surface area contributed by atoms with Gasteiger partial charge in [0.15, 0.2) is 11.5 Å². The van der Waals surface area contributed by atoms with E-state index in [-0.39, 0.29) is 11.7 Å². The Labute approximate surface area is 142 Å². The molecule has 0 bridgehead atoms. The normalized spacial score (nSPS) is 10.6. The lowest BCUT2D eigenvalue weighted by Crippen LogP contribution is -2.17. The molecule has 0 saturated heterocycles. The predicted octanol–water partition coefficient (Wildman–Crippen LogP) is 3.16. The lowest BCUT2D eigenvalue weighted by molar-refractivity contribution is 0.0955. The molecule has 0 atom stereocenters. The molecule has 22 heavy (non-hydrogen) atoms. The average molecular weight is 410 g/mol. The van der Waals surface area contributed by atoms with E-state index in [0.717, 1.165) is 5.56 Å². The summed E-state index contributed by atoms with van der Waals surface area (Å²) < 4.78 is 6.00. The SMILES string of the molecule is CCOc1cc(/C=N\NC(=O)c2ccccc2)cc(I)c1O. The Bertz CT molecular complexity index is 687. The second-order valence-electron chi connectivity index (χ2n) is 4.35. The number of aromatic hydroxyl groups is 1. The summed E-state index contributed by atoms with van der Waals surface area (Å²) in [5.41, 5.74) is 3.72. The van der Waals surface area contributed by atoms with Crippen molar-refractivity contribution < 1.29 is 14.6 Å². The number of phenols is 1. The number of nitrogens with one attached hydrogen (secondary N) is 1. The molecule has 0 heterocycles. The molecule has 0 aliphatic rings. The van der Waals surface area contributed by atoms with Gasteiger partial charge in [-0.1, -0.05) is 18.2 Å². The molecule has 1 amide bonds. The predicted molar refractivity (Wildman–Crippen MR) is 93.5 cm³/mol. The minimum atomic E-state index is -0.282. The first-order valence-electron chi connectivity index (χ1n) is 6.65. The van der Waals surface area contributed by atoms with E-state index >= 15 is 0 Å². The standard InChI is InChI=1S/C16H15IN2O3/c1-2-22-14-9-11(8-13(17)15(14)20)10-18-19-16(21)12-6-4-3-5-7-12/h3-10,20H,2H2,1H3,(H,19,21)/b18-10-. The fourth-order valence-electron chi connectivity index (χ4n) is 1.75. The fourth-order valence-corrected chi connectivity index (χ4v) is 2.38. The lowest BCUT2D eigenvalue weighted by atomic mass is 10.2. The van der Waals surface area contributed by atoms with Crippen molar-refractivity contribution in [2.45, 2.75) is 6.92 Å². The Morgan fingerprint density at radius 1 is 1.36 bits per heavy atom. The van der Waals surface area contributed by atoms with E-state index in [1.807, 2.05) is 35.6 Å². The highest BCUT2D eigenvalue weighted by molar-refractivity contribution is 14.1. The summed E-state index contributed by atoms with van der Waals surface area (Å²) in [5, 5.41) is 13.8. The van der Waals surface area contributed by atoms with Crippen LogP contribution in [0.25, 0.3) is 0 Å². The number of hydrogen-bond donors (Lipinski definition) is 2. The first-order valence-corrected chi connectivity index (χ1v) is 7.73. The van der Waals surface area contributed by atoms with Crippen molar-refractivity contribution in [2.75, 3.05) is 6.61 Å². The zero-order valence-corrected chi connectivity index (χ0v) is 14.1. The number of nitrogens with zero attached hydrogens (tertiary/aromatic N) is 1. The van der Waals surface area contributed by atoms with Gasteiger partial charge in [-0.25, -0.2) is 5.43 Å². The monoisotopic (exact) mass is 410 g/mol. The molecule has 0 aliphatic heterocycles. The number of benzene rings is 2. The zero-order valence-electron chi connectivity index (χ0n) is 11.9. The van der Waals surface area contributed by atoms with Gasteiger partial charge in [0.25, 0.3) is 5.91 Å². The molecule has 0 unspecified atom stereocenters. The van der Waals surface area contributed by atoms with E-state index < -0.39 is 0 Å². The van der Waals surface area contributed by atoms with Gasteiger partial charge in [0.1, 0.15) is 0 Å². The number of ether oxygens (including phenoxy) is 1. The molecule has 0 radical (unpaired) electrons. The van der Waals surface area contributed by atoms with Crippen molar-refractivity contribution in [1.82, 2.24) is 5.43 Å². The Balaban J connectivity index is 2.09. The minimum absolute atomic E-state index is 0.105. The Morgan fingerprint density at radius 2 is 2.09 bits per heavy atom. The van der Waals surface area contributed by atoms with Crippen LogP contribution in [0.5, 0.6) is 11.5 Å². The molecule has 0 fully saturated rings. The largest absolute Gasteiger partial charge is 0.504 e. The second-order valence-corrected chi connectivity index (χ2v) is 5.51. The van der Waals surface area contributed by atoms with Crippen molar-refractivity contribution in [3.63, 3.8) is 0 Å². The van der Waals surface area contributed by atoms with Crippen molar-refractivity contribution in [3.05, 3.63) is 57.2 Å². The summed E-state index contributed by atoms with van der Waals surface area (Å²) in [7, 11) is 0. The molecule has 6 heteroatoms. The van der Waals surface area contributed by atoms with Gasteiger partial charge >= 0.3 is 0 Å². The average Bonchev–Trinajstić information content (AvgIpc) is 2.53. The van der Waals surface area contributed by atoms with Crippen molar-refractivity contribution >= 4 is 34.7 Å². The molecular formula is C16H15IN2O3. The van der Waals surface area contributed by atoms with Crippen LogP contribution in [0.3, 0.4) is 0 Å². The van der Waals surface area contributed by atoms with Gasteiger partial charge in [-0.15, -0.1) is 0 Å². The highest BCUT2D eigenvalue weighted by atomic mass is 127. The van der Waals surface area contributed by atoms with Crippen molar-refractivity contribution in [1.29, 1.82) is 0 Å². The smallest absolute Gasteiger partial charge is 0.271 e. The van der Waals surface area contributed by atoms with Crippen LogP contribution in [-0.2, 0) is 0 Å². The summed E-state index contributed by atoms with van der Waals surface area (Å²) in [4.78, 5) is 11.8. The quantitative estimate of drug-likeness (QED) is 0.452. The van der Waals surface area contributed by atoms with Crippen LogP contribution in [0.4, 0.5) is 0 Å². The van der Waals surface area contributed by atoms with Crippen LogP contribution in [0.1, 0.15) is 22.8 Å². The van der Waals surface area contributed by atoms with E-state index in [1.165, 1.54) is 6.21 Å². The number of carbonyl (C=O) groups excluding carboxylic acids is 1. The molecule has 2 N–H and O–H groups in total. The second kappa shape index (κ2) is 7.79. The van der Waals surface area contributed by atoms with Crippen molar-refractivity contribution in [3.8, 4) is 11.5 Å². The van der Waals surface area contributed by atoms with E-state index in [2.05, 4.69) is 10.5 Å². The number of rotatable bonds is 5. The van der Waals surface area contributed by atoms with E-state index in [1.54, 1.807) is 36.4 Å². The molecule has 2 aromatic rings. The molecular weight excluding hydrogens is 395 g/mol. The minimum Gasteiger partial charge on any atom is -0.504 e. The van der Waals surface area contributed by atoms with Crippen LogP contribution in [0, 0.1) is 3.57 Å². The molecule has 2 rings (SSSR count). The maximum absolute atomic E-state index is 11.8. The van der Waals surface area contributed by atoms with Crippen LogP contribution in [-0.4, -0.2) is 23.8 Å². The number of hydrogen-bond acceptors (Lipinski definition) is 4. The summed E-state index contributed by atoms with van der Waals surface area (Å²) in [5.74, 6) is 0.216. The molecule has 114 valence electrons. The van der Waals surface area contributed by atoms with Gasteiger partial charge in [0.2, 0.25) is 0 Å². The van der Waals surface area contributed by atoms with E-state index in [0.29, 0.717) is 21.5 Å². The molecule has 5 nitrogen and oxygen atoms in total. The lowest BCUT2D eigenvalue weighted by Gasteiger charge is -2.08. The molecule has 0 saturated carbocycles. The highest BCUT2D eigenvalue weighted by Gasteiger charge is 2.08. The van der Waals surface area contributed by atoms with E-state index in [4.69, 9.17) is 4.74 Å². The van der Waals surface area contributed by atoms with Gasteiger partial charge < -0.3 is 9.84 Å². The maximum atomic E-state index is 11.8. The number of carbonyl (C=O) groups is 1. The first kappa shape index (κ1) is 16.3. The van der Waals surface area contributed by atoms with Crippen LogP contribution in [0.2, 0.25) is 0 Å². The van der Waals surface area contributed by atoms with Gasteiger partial charge in [0.05, 0.1) is 16.4 Å². The fraction of sp³-hybridized carbons (Fsp3) is 0.125. The van der Waals surface area contributed by atoms with Crippen LogP contribution >= 0.6 is 22.6 Å². The van der Waals surface area contributed by atoms with Gasteiger partial charge in [-0.2, -0.15) is 5.10 Å². The third-order valence-corrected chi connectivity index (χ3v) is 3.59. The zero-order chi connectivity index (χ0) is 15.9. The Hall–Kier alpha value is -2.09. The maximum Gasteiger partial charge on any atom is 0.271 e. The molecule has 0 spiro atoms. The van der Waals surface area contributed by atoms with Gasteiger partial charge in [0, 0.05) is 5.56 Å². The third kappa shape index (κ3) is 4.20. The summed E-state index contributed by atoms with van der Waals surface area (Å²) in [6, 6.07) is 12.2. The molecule has 0 aliphatic carbocycles. The molecule has 2 aromatic carbocycles. The molecule has 0 aromatic heterocycles. The summed E-state index contributed by atoms with van der Waals surface area (Å²) in [6.07, 6.45) is 1.50. The number of halogens is 1. The van der Waals surface area contributed by atoms with Crippen molar-refractivity contribution in [2.24, 2.45) is 5.10 Å². The van der Waals surface area contributed by atoms with Crippen LogP contribution < -0.4 is 10.2 Å². The topological polar surface area (TPSA) is 70.9 Å².